The van der Waals surface area contributed by atoms with Crippen molar-refractivity contribution in [3.63, 3.8) is 0 Å². The highest BCUT2D eigenvalue weighted by Crippen LogP contribution is 2.21. The standard InChI is InChI=1S/C13H22N4O2/c1-8-9(6-7-19-8)17(5)11(18)10-14-12(16-15-10)13(2,3)4/h8-9H,6-7H2,1-5H3,(H,14,15,16). The smallest absolute Gasteiger partial charge is 0.293 e. The Balaban J connectivity index is 2.13. The van der Waals surface area contributed by atoms with Crippen LogP contribution in [0.1, 0.15) is 50.6 Å². The third-order valence-corrected chi connectivity index (χ3v) is 3.54. The summed E-state index contributed by atoms with van der Waals surface area (Å²) < 4.78 is 5.49. The highest BCUT2D eigenvalue weighted by atomic mass is 16.5. The van der Waals surface area contributed by atoms with Crippen molar-refractivity contribution in [1.29, 1.82) is 0 Å². The zero-order chi connectivity index (χ0) is 14.2. The van der Waals surface area contributed by atoms with Gasteiger partial charge in [-0.05, 0) is 13.3 Å². The number of hydrogen-bond donors (Lipinski definition) is 1. The van der Waals surface area contributed by atoms with Gasteiger partial charge in [-0.25, -0.2) is 4.98 Å². The molecule has 1 aliphatic rings. The average Bonchev–Trinajstić information content (AvgIpc) is 2.94. The van der Waals surface area contributed by atoms with Gasteiger partial charge in [-0.3, -0.25) is 9.89 Å². The van der Waals surface area contributed by atoms with Crippen LogP contribution in [0.2, 0.25) is 0 Å². The Bertz CT molecular complexity index is 463. The third kappa shape index (κ3) is 2.78. The Kier molecular flexibility index (Phi) is 3.62. The quantitative estimate of drug-likeness (QED) is 0.877. The van der Waals surface area contributed by atoms with E-state index in [0.717, 1.165) is 12.2 Å². The molecule has 6 heteroatoms. The van der Waals surface area contributed by atoms with Gasteiger partial charge >= 0.3 is 0 Å². The van der Waals surface area contributed by atoms with Gasteiger partial charge in [0, 0.05) is 19.1 Å². The van der Waals surface area contributed by atoms with Gasteiger partial charge in [0.15, 0.2) is 0 Å². The van der Waals surface area contributed by atoms with Gasteiger partial charge in [-0.15, -0.1) is 5.10 Å². The van der Waals surface area contributed by atoms with Crippen LogP contribution in [0.3, 0.4) is 0 Å². The molecular weight excluding hydrogens is 244 g/mol. The maximum atomic E-state index is 12.3. The molecular formula is C13H22N4O2. The highest BCUT2D eigenvalue weighted by Gasteiger charge is 2.33. The van der Waals surface area contributed by atoms with Crippen molar-refractivity contribution >= 4 is 5.91 Å². The number of amides is 1. The maximum absolute atomic E-state index is 12.3. The van der Waals surface area contributed by atoms with Crippen LogP contribution in [-0.2, 0) is 10.2 Å². The number of carbonyl (C=O) groups excluding carboxylic acids is 1. The summed E-state index contributed by atoms with van der Waals surface area (Å²) in [6, 6.07) is 0.101. The molecule has 2 atom stereocenters. The van der Waals surface area contributed by atoms with Crippen LogP contribution in [0, 0.1) is 0 Å². The fraction of sp³-hybridized carbons (Fsp3) is 0.769. The van der Waals surface area contributed by atoms with Crippen molar-refractivity contribution in [1.82, 2.24) is 20.1 Å². The van der Waals surface area contributed by atoms with E-state index in [2.05, 4.69) is 15.2 Å². The van der Waals surface area contributed by atoms with Crippen LogP contribution in [-0.4, -0.2) is 51.8 Å². The first kappa shape index (κ1) is 14.0. The molecule has 0 saturated carbocycles. The van der Waals surface area contributed by atoms with Gasteiger partial charge in [0.2, 0.25) is 5.82 Å². The molecule has 0 bridgehead atoms. The lowest BCUT2D eigenvalue weighted by Gasteiger charge is -2.25. The van der Waals surface area contributed by atoms with Gasteiger partial charge in [0.05, 0.1) is 12.1 Å². The predicted octanol–water partition coefficient (Wildman–Crippen LogP) is 1.35. The summed E-state index contributed by atoms with van der Waals surface area (Å²) in [6.07, 6.45) is 0.926. The highest BCUT2D eigenvalue weighted by molar-refractivity contribution is 5.90. The molecule has 106 valence electrons. The van der Waals surface area contributed by atoms with Crippen LogP contribution >= 0.6 is 0 Å². The number of likely N-dealkylation sites (N-methyl/N-ethyl adjacent to an activating group) is 1. The number of ether oxygens (including phenoxy) is 1. The third-order valence-electron chi connectivity index (χ3n) is 3.54. The number of rotatable bonds is 2. The molecule has 1 aromatic heterocycles. The first-order valence-electron chi connectivity index (χ1n) is 6.62. The van der Waals surface area contributed by atoms with E-state index < -0.39 is 0 Å². The van der Waals surface area contributed by atoms with E-state index in [1.807, 2.05) is 27.7 Å². The van der Waals surface area contributed by atoms with E-state index in [4.69, 9.17) is 4.74 Å². The summed E-state index contributed by atoms with van der Waals surface area (Å²) in [5.41, 5.74) is -0.145. The molecule has 19 heavy (non-hydrogen) atoms. The summed E-state index contributed by atoms with van der Waals surface area (Å²) in [5, 5.41) is 6.88. The van der Waals surface area contributed by atoms with Gasteiger partial charge in [-0.1, -0.05) is 20.8 Å². The minimum absolute atomic E-state index is 0.0648. The van der Waals surface area contributed by atoms with E-state index in [9.17, 15) is 4.79 Å². The van der Waals surface area contributed by atoms with Crippen molar-refractivity contribution in [2.75, 3.05) is 13.7 Å². The molecule has 2 unspecified atom stereocenters. The Hall–Kier alpha value is -1.43. The summed E-state index contributed by atoms with van der Waals surface area (Å²) in [6.45, 7) is 8.76. The van der Waals surface area contributed by atoms with Crippen LogP contribution in [0.25, 0.3) is 0 Å². The Morgan fingerprint density at radius 3 is 2.63 bits per heavy atom. The fourth-order valence-corrected chi connectivity index (χ4v) is 2.23. The number of aromatic nitrogens is 3. The lowest BCUT2D eigenvalue weighted by atomic mass is 9.96. The van der Waals surface area contributed by atoms with E-state index in [0.29, 0.717) is 6.61 Å². The molecule has 6 nitrogen and oxygen atoms in total. The summed E-state index contributed by atoms with van der Waals surface area (Å²) in [7, 11) is 1.78. The largest absolute Gasteiger partial charge is 0.376 e. The fourth-order valence-electron chi connectivity index (χ4n) is 2.23. The minimum Gasteiger partial charge on any atom is -0.376 e. The first-order chi connectivity index (χ1) is 8.80. The average molecular weight is 266 g/mol. The molecule has 1 saturated heterocycles. The van der Waals surface area contributed by atoms with Crippen molar-refractivity contribution in [3.05, 3.63) is 11.6 Å². The lowest BCUT2D eigenvalue weighted by Crippen LogP contribution is -2.41. The monoisotopic (exact) mass is 266 g/mol. The maximum Gasteiger partial charge on any atom is 0.293 e. The van der Waals surface area contributed by atoms with Gasteiger partial charge < -0.3 is 9.64 Å². The van der Waals surface area contributed by atoms with E-state index >= 15 is 0 Å². The lowest BCUT2D eigenvalue weighted by molar-refractivity contribution is 0.0565. The van der Waals surface area contributed by atoms with Crippen molar-refractivity contribution in [2.24, 2.45) is 0 Å². The zero-order valence-electron chi connectivity index (χ0n) is 12.2. The molecule has 1 aliphatic heterocycles. The molecule has 1 amide bonds. The van der Waals surface area contributed by atoms with E-state index in [-0.39, 0.29) is 29.3 Å². The van der Waals surface area contributed by atoms with Crippen molar-refractivity contribution in [2.45, 2.75) is 51.7 Å². The minimum atomic E-state index is -0.158. The van der Waals surface area contributed by atoms with Gasteiger partial charge in [-0.2, -0.15) is 0 Å². The second-order valence-electron chi connectivity index (χ2n) is 6.11. The summed E-state index contributed by atoms with van der Waals surface area (Å²) in [4.78, 5) is 18.3. The van der Waals surface area contributed by atoms with E-state index in [1.165, 1.54) is 0 Å². The SMILES string of the molecule is CC1OCCC1N(C)C(=O)c1n[nH]c(C(C)(C)C)n1. The number of H-pyrrole nitrogens is 1. The van der Waals surface area contributed by atoms with E-state index in [1.54, 1.807) is 11.9 Å². The van der Waals surface area contributed by atoms with Crippen molar-refractivity contribution in [3.8, 4) is 0 Å². The van der Waals surface area contributed by atoms with Gasteiger partial charge in [0.1, 0.15) is 5.82 Å². The molecule has 1 aromatic rings. The molecule has 2 heterocycles. The van der Waals surface area contributed by atoms with Crippen molar-refractivity contribution < 1.29 is 9.53 Å². The molecule has 0 radical (unpaired) electrons. The molecule has 1 N–H and O–H groups in total. The van der Waals surface area contributed by atoms with Gasteiger partial charge in [0.25, 0.3) is 5.91 Å². The summed E-state index contributed by atoms with van der Waals surface area (Å²) >= 11 is 0. The Morgan fingerprint density at radius 2 is 2.16 bits per heavy atom. The van der Waals surface area contributed by atoms with Crippen LogP contribution in [0.5, 0.6) is 0 Å². The number of nitrogens with one attached hydrogen (secondary N) is 1. The zero-order valence-corrected chi connectivity index (χ0v) is 12.2. The molecule has 1 fully saturated rings. The number of hydrogen-bond acceptors (Lipinski definition) is 4. The second kappa shape index (κ2) is 4.92. The predicted molar refractivity (Wildman–Crippen MR) is 71.0 cm³/mol. The molecule has 0 aromatic carbocycles. The second-order valence-corrected chi connectivity index (χ2v) is 6.11. The first-order valence-corrected chi connectivity index (χ1v) is 6.62. The Morgan fingerprint density at radius 1 is 1.47 bits per heavy atom. The van der Waals surface area contributed by atoms with Crippen LogP contribution < -0.4 is 0 Å². The molecule has 0 spiro atoms. The number of carbonyl (C=O) groups is 1. The molecule has 2 rings (SSSR count). The Labute approximate surface area is 113 Å². The number of nitrogens with zero attached hydrogens (tertiary/aromatic N) is 3. The number of aromatic amines is 1. The van der Waals surface area contributed by atoms with Crippen LogP contribution in [0.4, 0.5) is 0 Å². The van der Waals surface area contributed by atoms with Crippen LogP contribution in [0.15, 0.2) is 0 Å². The topological polar surface area (TPSA) is 71.1 Å². The normalized spacial score (nSPS) is 23.6. The molecule has 0 aliphatic carbocycles. The summed E-state index contributed by atoms with van der Waals surface area (Å²) in [5.74, 6) is 0.792.